The van der Waals surface area contributed by atoms with Gasteiger partial charge in [0, 0.05) is 22.6 Å². The number of anilines is 2. The summed E-state index contributed by atoms with van der Waals surface area (Å²) in [5.41, 5.74) is 14.2. The minimum atomic E-state index is 0.355. The predicted octanol–water partition coefficient (Wildman–Crippen LogP) is 9.41. The SMILES string of the molecule is C=CC1=C(C=C)c2cccc3c2B1c1ccccc1-3.CC.CC#Cc1ccc(N(C2=CC=CCC2)c2ccccc2)cc1. The van der Waals surface area contributed by atoms with Gasteiger partial charge in [0.05, 0.1) is 0 Å². The fraction of sp³-hybridized carbons (Fsp3) is 0.122. The van der Waals surface area contributed by atoms with Crippen molar-refractivity contribution in [3.63, 3.8) is 0 Å². The van der Waals surface area contributed by atoms with Crippen LogP contribution < -0.4 is 15.8 Å². The normalized spacial score (nSPS) is 13.2. The molecule has 0 saturated carbocycles. The first-order valence-electron chi connectivity index (χ1n) is 15.2. The molecular formula is C41H38BN. The summed E-state index contributed by atoms with van der Waals surface area (Å²) in [7, 11) is 0. The molecule has 1 nitrogen and oxygen atoms in total. The molecule has 0 unspecified atom stereocenters. The van der Waals surface area contributed by atoms with Crippen LogP contribution >= 0.6 is 0 Å². The Morgan fingerprint density at radius 2 is 1.42 bits per heavy atom. The molecule has 4 aromatic carbocycles. The molecule has 2 heteroatoms. The Kier molecular flexibility index (Phi) is 9.45. The van der Waals surface area contributed by atoms with Gasteiger partial charge in [-0.25, -0.2) is 0 Å². The second-order valence-electron chi connectivity index (χ2n) is 10.3. The van der Waals surface area contributed by atoms with Crippen LogP contribution in [-0.2, 0) is 0 Å². The largest absolute Gasteiger partial charge is 0.314 e. The molecule has 1 aliphatic carbocycles. The summed E-state index contributed by atoms with van der Waals surface area (Å²) in [5.74, 6) is 6.04. The Balaban J connectivity index is 0.000000163. The zero-order valence-corrected chi connectivity index (χ0v) is 25.5. The molecule has 0 bridgehead atoms. The van der Waals surface area contributed by atoms with Crippen molar-refractivity contribution in [2.24, 2.45) is 0 Å². The average molecular weight is 556 g/mol. The molecule has 43 heavy (non-hydrogen) atoms. The second-order valence-corrected chi connectivity index (χ2v) is 10.3. The van der Waals surface area contributed by atoms with Crippen LogP contribution in [-0.4, -0.2) is 6.71 Å². The van der Waals surface area contributed by atoms with Crippen LogP contribution in [0, 0.1) is 11.8 Å². The van der Waals surface area contributed by atoms with E-state index in [0.29, 0.717) is 6.71 Å². The Hall–Kier alpha value is -5.00. The van der Waals surface area contributed by atoms with Crippen LogP contribution in [0.5, 0.6) is 0 Å². The van der Waals surface area contributed by atoms with E-state index in [1.54, 1.807) is 0 Å². The molecule has 0 aromatic heterocycles. The number of para-hydroxylation sites is 1. The summed E-state index contributed by atoms with van der Waals surface area (Å²) in [5, 5.41) is 0. The van der Waals surface area contributed by atoms with Crippen LogP contribution in [0.2, 0.25) is 0 Å². The van der Waals surface area contributed by atoms with Gasteiger partial charge in [0.2, 0.25) is 6.71 Å². The van der Waals surface area contributed by atoms with E-state index in [-0.39, 0.29) is 0 Å². The molecule has 0 radical (unpaired) electrons. The number of benzene rings is 4. The summed E-state index contributed by atoms with van der Waals surface area (Å²) in [6.07, 6.45) is 12.7. The smallest absolute Gasteiger partial charge is 0.244 e. The third-order valence-corrected chi connectivity index (χ3v) is 7.98. The highest BCUT2D eigenvalue weighted by atomic mass is 15.1. The Bertz CT molecular complexity index is 1780. The lowest BCUT2D eigenvalue weighted by atomic mass is 9.40. The standard InChI is InChI=1S/C21H19N.C18H13B.C2H6/c1-2-9-18-14-16-21(17-15-18)22(19-10-5-3-6-11-19)20-12-7-4-8-13-20;1-3-12-14-9-7-10-15-13-8-5-6-11-17(13)19(18(14)15)16(12)4-2;1-2/h3-7,10-12,14-17H,8,13H2,1H3;3-11H,1-2H2;1-2H3. The molecule has 0 saturated heterocycles. The molecule has 0 spiro atoms. The Morgan fingerprint density at radius 3 is 2.09 bits per heavy atom. The molecule has 0 N–H and O–H groups in total. The van der Waals surface area contributed by atoms with Crippen LogP contribution in [0.1, 0.15) is 44.7 Å². The van der Waals surface area contributed by atoms with E-state index in [0.717, 1.165) is 18.4 Å². The lowest BCUT2D eigenvalue weighted by Crippen LogP contribution is -2.37. The lowest BCUT2D eigenvalue weighted by molar-refractivity contribution is 0.917. The van der Waals surface area contributed by atoms with Gasteiger partial charge in [-0.15, -0.1) is 5.92 Å². The van der Waals surface area contributed by atoms with Crippen LogP contribution in [0.4, 0.5) is 11.4 Å². The summed E-state index contributed by atoms with van der Waals surface area (Å²) in [4.78, 5) is 2.33. The minimum Gasteiger partial charge on any atom is -0.314 e. The molecule has 0 atom stereocenters. The van der Waals surface area contributed by atoms with E-state index in [1.807, 2.05) is 32.9 Å². The van der Waals surface area contributed by atoms with E-state index in [1.165, 1.54) is 55.7 Å². The van der Waals surface area contributed by atoms with Crippen LogP contribution in [0.3, 0.4) is 0 Å². The molecule has 2 heterocycles. The van der Waals surface area contributed by atoms with Gasteiger partial charge < -0.3 is 4.90 Å². The molecule has 7 rings (SSSR count). The van der Waals surface area contributed by atoms with Crippen molar-refractivity contribution in [2.45, 2.75) is 33.6 Å². The molecule has 0 amide bonds. The van der Waals surface area contributed by atoms with Gasteiger partial charge in [-0.05, 0) is 84.5 Å². The van der Waals surface area contributed by atoms with Gasteiger partial charge in [-0.1, -0.05) is 134 Å². The number of fused-ring (bicyclic) bond motifs is 3. The molecule has 3 aliphatic rings. The van der Waals surface area contributed by atoms with Gasteiger partial charge in [0.25, 0.3) is 0 Å². The molecule has 0 fully saturated rings. The van der Waals surface area contributed by atoms with Crippen molar-refractivity contribution < 1.29 is 0 Å². The van der Waals surface area contributed by atoms with Crippen LogP contribution in [0.25, 0.3) is 16.7 Å². The maximum Gasteiger partial charge on any atom is 0.244 e. The first-order chi connectivity index (χ1) is 21.2. The third kappa shape index (κ3) is 5.72. The minimum absolute atomic E-state index is 0.355. The highest BCUT2D eigenvalue weighted by molar-refractivity contribution is 6.98. The van der Waals surface area contributed by atoms with Crippen molar-refractivity contribution in [3.8, 4) is 23.0 Å². The lowest BCUT2D eigenvalue weighted by Gasteiger charge is -2.28. The average Bonchev–Trinajstić information content (AvgIpc) is 3.59. The number of hydrogen-bond acceptors (Lipinski definition) is 1. The molecule has 2 aliphatic heterocycles. The van der Waals surface area contributed by atoms with Gasteiger partial charge in [-0.3, -0.25) is 0 Å². The second kappa shape index (κ2) is 13.8. The quantitative estimate of drug-likeness (QED) is 0.175. The number of hydrogen-bond donors (Lipinski definition) is 0. The van der Waals surface area contributed by atoms with E-state index in [2.05, 4.69) is 145 Å². The molecule has 210 valence electrons. The summed E-state index contributed by atoms with van der Waals surface area (Å²) < 4.78 is 0. The van der Waals surface area contributed by atoms with E-state index < -0.39 is 0 Å². The number of nitrogens with zero attached hydrogens (tertiary/aromatic N) is 1. The first kappa shape index (κ1) is 29.5. The monoisotopic (exact) mass is 555 g/mol. The zero-order chi connectivity index (χ0) is 30.2. The highest BCUT2D eigenvalue weighted by Crippen LogP contribution is 2.37. The summed E-state index contributed by atoms with van der Waals surface area (Å²) in [6.45, 7) is 14.2. The van der Waals surface area contributed by atoms with E-state index in [4.69, 9.17) is 0 Å². The Morgan fingerprint density at radius 1 is 0.744 bits per heavy atom. The number of allylic oxidation sites excluding steroid dienone is 8. The van der Waals surface area contributed by atoms with Gasteiger partial charge in [0.15, 0.2) is 0 Å². The fourth-order valence-corrected chi connectivity index (χ4v) is 6.26. The maximum absolute atomic E-state index is 4.01. The maximum atomic E-state index is 4.01. The van der Waals surface area contributed by atoms with E-state index in [9.17, 15) is 0 Å². The topological polar surface area (TPSA) is 3.24 Å². The van der Waals surface area contributed by atoms with Crippen molar-refractivity contribution in [3.05, 3.63) is 163 Å². The van der Waals surface area contributed by atoms with Crippen molar-refractivity contribution >= 4 is 34.6 Å². The first-order valence-corrected chi connectivity index (χ1v) is 15.2. The highest BCUT2D eigenvalue weighted by Gasteiger charge is 2.40. The van der Waals surface area contributed by atoms with Crippen LogP contribution in [0.15, 0.2) is 152 Å². The molecule has 4 aromatic rings. The van der Waals surface area contributed by atoms with E-state index >= 15 is 0 Å². The summed E-state index contributed by atoms with van der Waals surface area (Å²) >= 11 is 0. The van der Waals surface area contributed by atoms with Crippen molar-refractivity contribution in [1.29, 1.82) is 0 Å². The van der Waals surface area contributed by atoms with Crippen molar-refractivity contribution in [2.75, 3.05) is 4.90 Å². The fourth-order valence-electron chi connectivity index (χ4n) is 6.26. The predicted molar refractivity (Wildman–Crippen MR) is 190 cm³/mol. The number of rotatable bonds is 5. The van der Waals surface area contributed by atoms with Gasteiger partial charge in [-0.2, -0.15) is 0 Å². The Labute approximate surface area is 258 Å². The van der Waals surface area contributed by atoms with Gasteiger partial charge in [0.1, 0.15) is 0 Å². The van der Waals surface area contributed by atoms with Crippen molar-refractivity contribution in [1.82, 2.24) is 0 Å². The third-order valence-electron chi connectivity index (χ3n) is 7.98. The van der Waals surface area contributed by atoms with Gasteiger partial charge >= 0.3 is 0 Å². The molecular weight excluding hydrogens is 517 g/mol. The summed E-state index contributed by atoms with van der Waals surface area (Å²) in [6, 6.07) is 34.2. The zero-order valence-electron chi connectivity index (χ0n) is 25.5.